The Labute approximate surface area is 370 Å². The summed E-state index contributed by atoms with van der Waals surface area (Å²) in [7, 11) is 0. The molecule has 2 aromatic heterocycles. The highest BCUT2D eigenvalue weighted by atomic mass is 15.2. The van der Waals surface area contributed by atoms with Crippen molar-refractivity contribution in [1.82, 2.24) is 14.5 Å². The first kappa shape index (κ1) is 35.6. The van der Waals surface area contributed by atoms with Gasteiger partial charge in [-0.3, -0.25) is 4.99 Å². The minimum Gasteiger partial charge on any atom is -0.363 e. The van der Waals surface area contributed by atoms with Crippen molar-refractivity contribution in [3.63, 3.8) is 0 Å². The van der Waals surface area contributed by atoms with Gasteiger partial charge < -0.3 is 14.5 Å². The Balaban J connectivity index is 1.03. The van der Waals surface area contributed by atoms with Gasteiger partial charge >= 0.3 is 0 Å². The molecule has 14 rings (SSSR count). The summed E-state index contributed by atoms with van der Waals surface area (Å²) in [6.45, 7) is 2.40. The first-order valence-corrected chi connectivity index (χ1v) is 22.5. The number of aromatic nitrogens is 2. The van der Waals surface area contributed by atoms with Gasteiger partial charge in [-0.2, -0.15) is 0 Å². The highest BCUT2D eigenvalue weighted by Gasteiger charge is 2.68. The van der Waals surface area contributed by atoms with Crippen molar-refractivity contribution < 1.29 is 0 Å². The lowest BCUT2D eigenvalue weighted by Gasteiger charge is -2.31. The Morgan fingerprint density at radius 1 is 0.453 bits per heavy atom. The van der Waals surface area contributed by atoms with Crippen molar-refractivity contribution in [3.8, 4) is 11.4 Å². The molecular formula is C60H42N4. The molecule has 0 saturated heterocycles. The third-order valence-corrected chi connectivity index (χ3v) is 14.8. The number of aliphatic imine (C=N–C) groups is 1. The second-order valence-electron chi connectivity index (χ2n) is 18.0. The smallest absolute Gasteiger partial charge is 0.129 e. The molecular weight excluding hydrogens is 777 g/mol. The fraction of sp³-hybridized carbons (Fsp3) is 0.0833. The van der Waals surface area contributed by atoms with E-state index in [-0.39, 0.29) is 17.5 Å². The molecule has 3 heterocycles. The quantitative estimate of drug-likeness (QED) is 0.184. The van der Waals surface area contributed by atoms with Crippen LogP contribution in [0.3, 0.4) is 0 Å². The van der Waals surface area contributed by atoms with Crippen molar-refractivity contribution in [1.29, 1.82) is 0 Å². The monoisotopic (exact) mass is 818 g/mol. The first-order valence-electron chi connectivity index (χ1n) is 22.5. The van der Waals surface area contributed by atoms with Crippen molar-refractivity contribution in [2.24, 2.45) is 16.8 Å². The second kappa shape index (κ2) is 13.3. The molecule has 4 atom stereocenters. The molecule has 2 aliphatic rings. The van der Waals surface area contributed by atoms with Crippen LogP contribution in [0, 0.1) is 11.8 Å². The Hall–Kier alpha value is -7.95. The Bertz CT molecular complexity index is 3910. The highest BCUT2D eigenvalue weighted by molar-refractivity contribution is 6.25. The predicted molar refractivity (Wildman–Crippen MR) is 267 cm³/mol. The molecule has 302 valence electrons. The summed E-state index contributed by atoms with van der Waals surface area (Å²) in [6.07, 6.45) is 0. The van der Waals surface area contributed by atoms with E-state index in [0.29, 0.717) is 5.92 Å². The molecule has 0 bridgehead atoms. The van der Waals surface area contributed by atoms with E-state index in [0.717, 1.165) is 17.1 Å². The molecule has 4 nitrogen and oxygen atoms in total. The average Bonchev–Trinajstić information content (AvgIpc) is 3.65. The van der Waals surface area contributed by atoms with Gasteiger partial charge in [-0.15, -0.1) is 0 Å². The molecule has 1 aliphatic heterocycles. The number of rotatable bonds is 5. The third kappa shape index (κ3) is 4.96. The zero-order valence-electron chi connectivity index (χ0n) is 35.3. The third-order valence-electron chi connectivity index (χ3n) is 14.8. The normalized spacial score (nSPS) is 19.5. The van der Waals surface area contributed by atoms with E-state index in [2.05, 4.69) is 234 Å². The van der Waals surface area contributed by atoms with E-state index in [1.54, 1.807) is 0 Å². The van der Waals surface area contributed by atoms with Gasteiger partial charge in [0.25, 0.3) is 0 Å². The van der Waals surface area contributed by atoms with Crippen LogP contribution in [-0.2, 0) is 5.54 Å². The minimum atomic E-state index is -0.336. The maximum atomic E-state index is 5.71. The van der Waals surface area contributed by atoms with E-state index in [4.69, 9.17) is 4.99 Å². The van der Waals surface area contributed by atoms with Gasteiger partial charge in [-0.1, -0.05) is 165 Å². The number of hydrogen-bond donors (Lipinski definition) is 1. The fourth-order valence-electron chi connectivity index (χ4n) is 11.8. The Morgan fingerprint density at radius 2 is 1.11 bits per heavy atom. The summed E-state index contributed by atoms with van der Waals surface area (Å²) >= 11 is 0. The van der Waals surface area contributed by atoms with Crippen LogP contribution in [-0.4, -0.2) is 15.0 Å². The van der Waals surface area contributed by atoms with E-state index >= 15 is 0 Å². The molecule has 10 aromatic carbocycles. The Kier molecular flexibility index (Phi) is 7.39. The molecule has 0 amide bonds. The number of hydrogen-bond acceptors (Lipinski definition) is 2. The number of fused-ring (bicyclic) bond motifs is 11. The number of nitrogens with zero attached hydrogens (tertiary/aromatic N) is 3. The van der Waals surface area contributed by atoms with Crippen LogP contribution in [0.25, 0.3) is 87.3 Å². The summed E-state index contributed by atoms with van der Waals surface area (Å²) < 4.78 is 5.01. The molecule has 1 aliphatic carbocycles. The van der Waals surface area contributed by atoms with Crippen LogP contribution in [0.4, 0.5) is 0 Å². The second-order valence-corrected chi connectivity index (χ2v) is 18.0. The molecule has 0 spiro atoms. The van der Waals surface area contributed by atoms with E-state index in [1.165, 1.54) is 92.7 Å². The van der Waals surface area contributed by atoms with Gasteiger partial charge in [0, 0.05) is 44.1 Å². The summed E-state index contributed by atoms with van der Waals surface area (Å²) in [5.74, 6) is 1.55. The maximum Gasteiger partial charge on any atom is 0.129 e. The van der Waals surface area contributed by atoms with Gasteiger partial charge in [-0.05, 0) is 98.6 Å². The summed E-state index contributed by atoms with van der Waals surface area (Å²) in [6, 6.07) is 78.4. The van der Waals surface area contributed by atoms with Gasteiger partial charge in [0.15, 0.2) is 0 Å². The predicted octanol–water partition coefficient (Wildman–Crippen LogP) is 14.6. The summed E-state index contributed by atoms with van der Waals surface area (Å²) in [5, 5.41) is 16.6. The summed E-state index contributed by atoms with van der Waals surface area (Å²) in [5.41, 5.74) is 10.5. The van der Waals surface area contributed by atoms with Gasteiger partial charge in [0.1, 0.15) is 5.84 Å². The summed E-state index contributed by atoms with van der Waals surface area (Å²) in [4.78, 5) is 5.71. The Morgan fingerprint density at radius 3 is 1.94 bits per heavy atom. The number of benzene rings is 10. The first-order chi connectivity index (χ1) is 31.6. The molecule has 64 heavy (non-hydrogen) atoms. The largest absolute Gasteiger partial charge is 0.363 e. The van der Waals surface area contributed by atoms with E-state index in [1.807, 2.05) is 0 Å². The van der Waals surface area contributed by atoms with E-state index in [9.17, 15) is 0 Å². The topological polar surface area (TPSA) is 34.2 Å². The van der Waals surface area contributed by atoms with Crippen molar-refractivity contribution >= 4 is 81.8 Å². The molecule has 1 N–H and O–H groups in total. The molecule has 0 radical (unpaired) electrons. The maximum absolute atomic E-state index is 5.71. The lowest BCUT2D eigenvalue weighted by atomic mass is 9.91. The van der Waals surface area contributed by atoms with Gasteiger partial charge in [-0.25, -0.2) is 0 Å². The fourth-order valence-corrected chi connectivity index (χ4v) is 11.8. The van der Waals surface area contributed by atoms with Crippen LogP contribution < -0.4 is 5.32 Å². The van der Waals surface area contributed by atoms with Crippen molar-refractivity contribution in [3.05, 3.63) is 229 Å². The average molecular weight is 819 g/mol. The number of amidine groups is 1. The number of para-hydroxylation sites is 2. The SMILES string of the molecule is CC1C2C(c3cc(-n4c5ccccc5c5cc6c7c8ccccc8ccc7n(-c7ccccc7)c6cc54)c4ccccc4c3)NC(c3ccc4ccccc4c3)=NC12c1ccccc1. The van der Waals surface area contributed by atoms with Gasteiger partial charge in [0.05, 0.1) is 39.3 Å². The molecule has 1 saturated carbocycles. The number of nitrogens with one attached hydrogen (secondary N) is 1. The molecule has 4 heteroatoms. The standard InChI is InChI=1S/C60H42N4/c1-37-57-58(61-59(62-60(37,57)44-20-4-2-5-21-44)42-29-28-38-16-8-9-18-40(38)32-42)43-33-41-19-11-12-24-46(41)53(34-43)64-51-27-15-14-26-48(51)49-35-50-55(36-54(49)64)63(45-22-6-3-7-23-45)52-31-30-39-17-10-13-25-47(39)56(50)52/h2-37,57-58H,1H3,(H,61,62). The van der Waals surface area contributed by atoms with Crippen LogP contribution in [0.1, 0.15) is 29.7 Å². The van der Waals surface area contributed by atoms with Crippen LogP contribution in [0.15, 0.2) is 217 Å². The molecule has 12 aromatic rings. The lowest BCUT2D eigenvalue weighted by molar-refractivity contribution is 0.471. The van der Waals surface area contributed by atoms with E-state index < -0.39 is 0 Å². The van der Waals surface area contributed by atoms with Crippen molar-refractivity contribution in [2.45, 2.75) is 18.5 Å². The lowest BCUT2D eigenvalue weighted by Crippen LogP contribution is -2.37. The van der Waals surface area contributed by atoms with Crippen LogP contribution >= 0.6 is 0 Å². The highest BCUT2D eigenvalue weighted by Crippen LogP contribution is 2.67. The van der Waals surface area contributed by atoms with Crippen LogP contribution in [0.2, 0.25) is 0 Å². The van der Waals surface area contributed by atoms with Crippen molar-refractivity contribution in [2.75, 3.05) is 0 Å². The zero-order valence-corrected chi connectivity index (χ0v) is 35.3. The minimum absolute atomic E-state index is 0.0197. The molecule has 4 unspecified atom stereocenters. The van der Waals surface area contributed by atoms with Gasteiger partial charge in [0.2, 0.25) is 0 Å². The molecule has 1 fully saturated rings. The van der Waals surface area contributed by atoms with Crippen LogP contribution in [0.5, 0.6) is 0 Å². The zero-order chi connectivity index (χ0) is 42.1.